The molecule has 4 nitrogen and oxygen atoms in total. The zero-order valence-corrected chi connectivity index (χ0v) is 12.3. The highest BCUT2D eigenvalue weighted by Gasteiger charge is 2.10. The number of nitrogens with two attached hydrogens (primary N) is 1. The van der Waals surface area contributed by atoms with Gasteiger partial charge in [0.1, 0.15) is 24.2 Å². The summed E-state index contributed by atoms with van der Waals surface area (Å²) in [5.74, 6) is 1.41. The summed E-state index contributed by atoms with van der Waals surface area (Å²) in [6.45, 7) is 2.10. The highest BCUT2D eigenvalue weighted by Crippen LogP contribution is 2.22. The Bertz CT molecular complexity index is 584. The molecule has 0 aliphatic carbocycles. The van der Waals surface area contributed by atoms with E-state index < -0.39 is 6.10 Å². The van der Waals surface area contributed by atoms with E-state index >= 15 is 0 Å². The lowest BCUT2D eigenvalue weighted by atomic mass is 10.1. The van der Waals surface area contributed by atoms with E-state index in [1.807, 2.05) is 49.4 Å². The second-order valence-electron chi connectivity index (χ2n) is 4.96. The molecule has 2 rings (SSSR count). The van der Waals surface area contributed by atoms with Gasteiger partial charge < -0.3 is 20.3 Å². The first kappa shape index (κ1) is 15.4. The Morgan fingerprint density at radius 3 is 2.33 bits per heavy atom. The molecule has 0 radical (unpaired) electrons. The van der Waals surface area contributed by atoms with Gasteiger partial charge in [-0.25, -0.2) is 0 Å². The van der Waals surface area contributed by atoms with Crippen LogP contribution in [0.25, 0.3) is 0 Å². The van der Waals surface area contributed by atoms with Gasteiger partial charge in [-0.05, 0) is 42.3 Å². The van der Waals surface area contributed by atoms with E-state index in [0.29, 0.717) is 11.5 Å². The quantitative estimate of drug-likeness (QED) is 0.857. The van der Waals surface area contributed by atoms with E-state index in [1.54, 1.807) is 13.2 Å². The topological polar surface area (TPSA) is 64.7 Å². The number of benzene rings is 2. The first-order valence-corrected chi connectivity index (χ1v) is 6.90. The van der Waals surface area contributed by atoms with Crippen LogP contribution in [-0.2, 0) is 0 Å². The van der Waals surface area contributed by atoms with Crippen molar-refractivity contribution >= 4 is 0 Å². The van der Waals surface area contributed by atoms with Gasteiger partial charge in [-0.3, -0.25) is 0 Å². The third-order valence-corrected chi connectivity index (χ3v) is 3.27. The Labute approximate surface area is 125 Å². The molecule has 2 atom stereocenters. The van der Waals surface area contributed by atoms with Crippen LogP contribution in [-0.4, -0.2) is 18.8 Å². The summed E-state index contributed by atoms with van der Waals surface area (Å²) >= 11 is 0. The summed E-state index contributed by atoms with van der Waals surface area (Å²) in [7, 11) is 1.60. The van der Waals surface area contributed by atoms with Crippen molar-refractivity contribution < 1.29 is 14.6 Å². The monoisotopic (exact) mass is 287 g/mol. The number of aliphatic hydroxyl groups excluding tert-OH is 1. The first-order chi connectivity index (χ1) is 10.1. The molecule has 4 heteroatoms. The molecule has 0 fully saturated rings. The minimum atomic E-state index is -0.709. The van der Waals surface area contributed by atoms with Crippen LogP contribution in [0.4, 0.5) is 0 Å². The fourth-order valence-corrected chi connectivity index (χ4v) is 2.01. The van der Waals surface area contributed by atoms with Crippen molar-refractivity contribution in [1.82, 2.24) is 0 Å². The smallest absolute Gasteiger partial charge is 0.119 e. The van der Waals surface area contributed by atoms with E-state index in [2.05, 4.69) is 0 Å². The van der Waals surface area contributed by atoms with Gasteiger partial charge in [0.15, 0.2) is 0 Å². The van der Waals surface area contributed by atoms with Gasteiger partial charge in [0.2, 0.25) is 0 Å². The Morgan fingerprint density at radius 2 is 1.67 bits per heavy atom. The van der Waals surface area contributed by atoms with Gasteiger partial charge in [0.25, 0.3) is 0 Å². The van der Waals surface area contributed by atoms with Gasteiger partial charge in [-0.1, -0.05) is 24.3 Å². The molecule has 0 aliphatic rings. The zero-order valence-electron chi connectivity index (χ0n) is 12.3. The normalized spacial score (nSPS) is 13.5. The van der Waals surface area contributed by atoms with Crippen molar-refractivity contribution in [2.24, 2.45) is 5.73 Å². The van der Waals surface area contributed by atoms with Crippen LogP contribution in [0.3, 0.4) is 0 Å². The summed E-state index contributed by atoms with van der Waals surface area (Å²) in [4.78, 5) is 0. The molecule has 0 amide bonds. The second kappa shape index (κ2) is 7.11. The summed E-state index contributed by atoms with van der Waals surface area (Å²) in [5, 5.41) is 10.2. The molecule has 0 aliphatic heterocycles. The maximum absolute atomic E-state index is 10.2. The molecule has 3 N–H and O–H groups in total. The molecule has 0 heterocycles. The van der Waals surface area contributed by atoms with Gasteiger partial charge in [0.05, 0.1) is 7.11 Å². The summed E-state index contributed by atoms with van der Waals surface area (Å²) in [5.41, 5.74) is 7.61. The third kappa shape index (κ3) is 4.21. The number of hydrogen-bond donors (Lipinski definition) is 2. The standard InChI is InChI=1S/C17H21NO3/c1-12(18)13-5-3-8-16(9-13)21-11-17(19)14-6-4-7-15(10-14)20-2/h3-10,12,17,19H,11,18H2,1-2H3. The van der Waals surface area contributed by atoms with Crippen LogP contribution in [0, 0.1) is 0 Å². The lowest BCUT2D eigenvalue weighted by Crippen LogP contribution is -2.10. The maximum Gasteiger partial charge on any atom is 0.119 e. The van der Waals surface area contributed by atoms with Crippen LogP contribution in [0.15, 0.2) is 48.5 Å². The Morgan fingerprint density at radius 1 is 1.05 bits per heavy atom. The number of rotatable bonds is 6. The van der Waals surface area contributed by atoms with Crippen LogP contribution >= 0.6 is 0 Å². The van der Waals surface area contributed by atoms with Crippen LogP contribution in [0.1, 0.15) is 30.2 Å². The van der Waals surface area contributed by atoms with E-state index in [4.69, 9.17) is 15.2 Å². The zero-order chi connectivity index (χ0) is 15.2. The molecule has 112 valence electrons. The largest absolute Gasteiger partial charge is 0.497 e. The molecule has 0 spiro atoms. The molecular weight excluding hydrogens is 266 g/mol. The minimum absolute atomic E-state index is 0.0446. The lowest BCUT2D eigenvalue weighted by Gasteiger charge is -2.14. The lowest BCUT2D eigenvalue weighted by molar-refractivity contribution is 0.108. The molecule has 0 saturated heterocycles. The number of ether oxygens (including phenoxy) is 2. The fraction of sp³-hybridized carbons (Fsp3) is 0.294. The van der Waals surface area contributed by atoms with Crippen LogP contribution in [0.2, 0.25) is 0 Å². The van der Waals surface area contributed by atoms with E-state index in [0.717, 1.165) is 11.1 Å². The third-order valence-electron chi connectivity index (χ3n) is 3.27. The molecule has 21 heavy (non-hydrogen) atoms. The molecular formula is C17H21NO3. The summed E-state index contributed by atoms with van der Waals surface area (Å²) < 4.78 is 10.8. The number of aliphatic hydroxyl groups is 1. The van der Waals surface area contributed by atoms with Gasteiger partial charge in [-0.2, -0.15) is 0 Å². The summed E-state index contributed by atoms with van der Waals surface area (Å²) in [6.07, 6.45) is -0.709. The van der Waals surface area contributed by atoms with E-state index in [-0.39, 0.29) is 12.6 Å². The first-order valence-electron chi connectivity index (χ1n) is 6.90. The molecule has 2 unspecified atom stereocenters. The van der Waals surface area contributed by atoms with Crippen LogP contribution < -0.4 is 15.2 Å². The highest BCUT2D eigenvalue weighted by molar-refractivity contribution is 5.31. The molecule has 0 saturated carbocycles. The Balaban J connectivity index is 2.00. The number of hydrogen-bond acceptors (Lipinski definition) is 4. The Kier molecular flexibility index (Phi) is 5.20. The van der Waals surface area contributed by atoms with Crippen molar-refractivity contribution in [2.45, 2.75) is 19.1 Å². The minimum Gasteiger partial charge on any atom is -0.497 e. The van der Waals surface area contributed by atoms with Crippen molar-refractivity contribution in [1.29, 1.82) is 0 Å². The molecule has 0 aromatic heterocycles. The molecule has 2 aromatic rings. The summed E-state index contributed by atoms with van der Waals surface area (Å²) in [6, 6.07) is 14.9. The van der Waals surface area contributed by atoms with Gasteiger partial charge >= 0.3 is 0 Å². The van der Waals surface area contributed by atoms with Gasteiger partial charge in [-0.15, -0.1) is 0 Å². The predicted octanol–water partition coefficient (Wildman–Crippen LogP) is 2.83. The average molecular weight is 287 g/mol. The second-order valence-corrected chi connectivity index (χ2v) is 4.96. The van der Waals surface area contributed by atoms with E-state index in [1.165, 1.54) is 0 Å². The van der Waals surface area contributed by atoms with Crippen LogP contribution in [0.5, 0.6) is 11.5 Å². The maximum atomic E-state index is 10.2. The molecule has 2 aromatic carbocycles. The van der Waals surface area contributed by atoms with E-state index in [9.17, 15) is 5.11 Å². The molecule has 0 bridgehead atoms. The average Bonchev–Trinajstić information content (AvgIpc) is 2.53. The fourth-order valence-electron chi connectivity index (χ4n) is 2.01. The van der Waals surface area contributed by atoms with Crippen molar-refractivity contribution in [3.8, 4) is 11.5 Å². The Hall–Kier alpha value is -2.04. The highest BCUT2D eigenvalue weighted by atomic mass is 16.5. The van der Waals surface area contributed by atoms with Crippen molar-refractivity contribution in [3.63, 3.8) is 0 Å². The SMILES string of the molecule is COc1cccc(C(O)COc2cccc(C(C)N)c2)c1. The number of methoxy groups -OCH3 is 1. The van der Waals surface area contributed by atoms with Crippen molar-refractivity contribution in [2.75, 3.05) is 13.7 Å². The predicted molar refractivity (Wildman–Crippen MR) is 82.5 cm³/mol. The van der Waals surface area contributed by atoms with Gasteiger partial charge in [0, 0.05) is 6.04 Å². The van der Waals surface area contributed by atoms with Crippen molar-refractivity contribution in [3.05, 3.63) is 59.7 Å².